The Hall–Kier alpha value is -2.50. The van der Waals surface area contributed by atoms with E-state index in [1.807, 2.05) is 29.2 Å². The van der Waals surface area contributed by atoms with Crippen LogP contribution in [0.5, 0.6) is 0 Å². The fourth-order valence-corrected chi connectivity index (χ4v) is 4.27. The quantitative estimate of drug-likeness (QED) is 0.603. The zero-order valence-corrected chi connectivity index (χ0v) is 17.9. The molecule has 1 fully saturated rings. The van der Waals surface area contributed by atoms with E-state index in [0.717, 1.165) is 5.69 Å². The molecule has 3 heterocycles. The molecule has 7 heteroatoms. The van der Waals surface area contributed by atoms with Crippen molar-refractivity contribution in [3.63, 3.8) is 0 Å². The SMILES string of the molecule is Cc1ccc(C)n1-c1ccc(C(=O)N2CCN(c3ncc(Cl)cc3Cl)CC2)cc1. The van der Waals surface area contributed by atoms with Crippen molar-refractivity contribution in [1.29, 1.82) is 0 Å². The van der Waals surface area contributed by atoms with Crippen LogP contribution in [0.1, 0.15) is 21.7 Å². The van der Waals surface area contributed by atoms with E-state index in [-0.39, 0.29) is 5.91 Å². The van der Waals surface area contributed by atoms with Crippen LogP contribution in [0.4, 0.5) is 5.82 Å². The Morgan fingerprint density at radius 2 is 1.55 bits per heavy atom. The number of aryl methyl sites for hydroxylation is 2. The number of rotatable bonds is 3. The Morgan fingerprint density at radius 3 is 2.14 bits per heavy atom. The van der Waals surface area contributed by atoms with Crippen LogP contribution in [-0.4, -0.2) is 46.5 Å². The van der Waals surface area contributed by atoms with Crippen LogP contribution in [0.3, 0.4) is 0 Å². The van der Waals surface area contributed by atoms with Crippen LogP contribution < -0.4 is 4.90 Å². The molecule has 150 valence electrons. The summed E-state index contributed by atoms with van der Waals surface area (Å²) < 4.78 is 2.18. The van der Waals surface area contributed by atoms with Crippen LogP contribution in [-0.2, 0) is 0 Å². The highest BCUT2D eigenvalue weighted by Gasteiger charge is 2.24. The van der Waals surface area contributed by atoms with Crippen molar-refractivity contribution in [3.05, 3.63) is 75.7 Å². The summed E-state index contributed by atoms with van der Waals surface area (Å²) in [5.41, 5.74) is 4.11. The highest BCUT2D eigenvalue weighted by Crippen LogP contribution is 2.27. The summed E-state index contributed by atoms with van der Waals surface area (Å²) in [4.78, 5) is 21.2. The maximum atomic E-state index is 12.9. The van der Waals surface area contributed by atoms with Crippen LogP contribution in [0, 0.1) is 13.8 Å². The molecule has 4 rings (SSSR count). The van der Waals surface area contributed by atoms with Gasteiger partial charge in [0.25, 0.3) is 5.91 Å². The van der Waals surface area contributed by atoms with Gasteiger partial charge >= 0.3 is 0 Å². The molecule has 1 amide bonds. The molecule has 2 aromatic heterocycles. The lowest BCUT2D eigenvalue weighted by atomic mass is 10.1. The van der Waals surface area contributed by atoms with E-state index in [1.165, 1.54) is 11.4 Å². The summed E-state index contributed by atoms with van der Waals surface area (Å²) in [7, 11) is 0. The largest absolute Gasteiger partial charge is 0.352 e. The molecular formula is C22H22Cl2N4O. The predicted molar refractivity (Wildman–Crippen MR) is 118 cm³/mol. The third-order valence-electron chi connectivity index (χ3n) is 5.30. The van der Waals surface area contributed by atoms with Crippen molar-refractivity contribution in [2.45, 2.75) is 13.8 Å². The molecule has 0 N–H and O–H groups in total. The molecule has 1 aliphatic heterocycles. The number of carbonyl (C=O) groups excluding carboxylic acids is 1. The Labute approximate surface area is 180 Å². The molecule has 0 atom stereocenters. The lowest BCUT2D eigenvalue weighted by molar-refractivity contribution is 0.0746. The summed E-state index contributed by atoms with van der Waals surface area (Å²) in [6.45, 7) is 6.76. The zero-order valence-electron chi connectivity index (χ0n) is 16.4. The number of hydrogen-bond donors (Lipinski definition) is 0. The molecule has 0 bridgehead atoms. The Balaban J connectivity index is 1.43. The maximum absolute atomic E-state index is 12.9. The molecule has 3 aromatic rings. The number of carbonyl (C=O) groups is 1. The normalized spacial score (nSPS) is 14.3. The smallest absolute Gasteiger partial charge is 0.253 e. The molecule has 29 heavy (non-hydrogen) atoms. The van der Waals surface area contributed by atoms with Gasteiger partial charge in [0.15, 0.2) is 0 Å². The van der Waals surface area contributed by atoms with Crippen molar-refractivity contribution in [3.8, 4) is 5.69 Å². The summed E-state index contributed by atoms with van der Waals surface area (Å²) >= 11 is 12.2. The third kappa shape index (κ3) is 3.98. The van der Waals surface area contributed by atoms with Gasteiger partial charge in [-0.05, 0) is 56.3 Å². The number of piperazine rings is 1. The van der Waals surface area contributed by atoms with Gasteiger partial charge in [0.05, 0.1) is 10.0 Å². The second-order valence-corrected chi connectivity index (χ2v) is 8.08. The number of aromatic nitrogens is 2. The molecule has 0 unspecified atom stereocenters. The van der Waals surface area contributed by atoms with E-state index in [9.17, 15) is 4.79 Å². The van der Waals surface area contributed by atoms with Crippen LogP contribution in [0.25, 0.3) is 5.69 Å². The molecule has 1 aliphatic rings. The number of benzene rings is 1. The summed E-state index contributed by atoms with van der Waals surface area (Å²) in [5, 5.41) is 1.05. The average Bonchev–Trinajstić information content (AvgIpc) is 3.06. The monoisotopic (exact) mass is 428 g/mol. The molecule has 0 radical (unpaired) electrons. The Kier molecular flexibility index (Phi) is 5.52. The first-order valence-corrected chi connectivity index (χ1v) is 10.3. The summed E-state index contributed by atoms with van der Waals surface area (Å²) in [6.07, 6.45) is 1.59. The van der Waals surface area contributed by atoms with Gasteiger partial charge in [0.1, 0.15) is 5.82 Å². The lowest BCUT2D eigenvalue weighted by Crippen LogP contribution is -2.49. The third-order valence-corrected chi connectivity index (χ3v) is 5.78. The van der Waals surface area contributed by atoms with Crippen molar-refractivity contribution in [2.24, 2.45) is 0 Å². The van der Waals surface area contributed by atoms with Gasteiger partial charge < -0.3 is 14.4 Å². The van der Waals surface area contributed by atoms with E-state index in [2.05, 4.69) is 40.4 Å². The van der Waals surface area contributed by atoms with E-state index in [1.54, 1.807) is 12.3 Å². The lowest BCUT2D eigenvalue weighted by Gasteiger charge is -2.35. The average molecular weight is 429 g/mol. The Bertz CT molecular complexity index is 1020. The predicted octanol–water partition coefficient (Wildman–Crippen LogP) is 4.76. The fraction of sp³-hybridized carbons (Fsp3) is 0.273. The number of pyridine rings is 1. The van der Waals surface area contributed by atoms with Gasteiger partial charge in [-0.25, -0.2) is 4.98 Å². The van der Waals surface area contributed by atoms with E-state index in [4.69, 9.17) is 23.2 Å². The number of nitrogens with zero attached hydrogens (tertiary/aromatic N) is 4. The second kappa shape index (κ2) is 8.09. The van der Waals surface area contributed by atoms with Crippen molar-refractivity contribution < 1.29 is 4.79 Å². The Morgan fingerprint density at radius 1 is 0.931 bits per heavy atom. The summed E-state index contributed by atoms with van der Waals surface area (Å²) in [6, 6.07) is 13.7. The van der Waals surface area contributed by atoms with E-state index in [0.29, 0.717) is 47.6 Å². The molecular weight excluding hydrogens is 407 g/mol. The topological polar surface area (TPSA) is 41.4 Å². The molecule has 0 spiro atoms. The second-order valence-electron chi connectivity index (χ2n) is 7.24. The molecule has 1 saturated heterocycles. The van der Waals surface area contributed by atoms with Gasteiger partial charge in [0.2, 0.25) is 0 Å². The minimum Gasteiger partial charge on any atom is -0.352 e. The van der Waals surface area contributed by atoms with Gasteiger partial charge in [-0.2, -0.15) is 0 Å². The molecule has 0 aliphatic carbocycles. The maximum Gasteiger partial charge on any atom is 0.253 e. The first-order valence-electron chi connectivity index (χ1n) is 9.54. The van der Waals surface area contributed by atoms with Gasteiger partial charge in [-0.15, -0.1) is 0 Å². The molecule has 1 aromatic carbocycles. The molecule has 0 saturated carbocycles. The van der Waals surface area contributed by atoms with Crippen LogP contribution in [0.15, 0.2) is 48.7 Å². The number of hydrogen-bond acceptors (Lipinski definition) is 3. The van der Waals surface area contributed by atoms with Crippen LogP contribution >= 0.6 is 23.2 Å². The minimum atomic E-state index is 0.0484. The molecule has 5 nitrogen and oxygen atoms in total. The van der Waals surface area contributed by atoms with Crippen LogP contribution in [0.2, 0.25) is 10.0 Å². The first-order chi connectivity index (χ1) is 13.9. The zero-order chi connectivity index (χ0) is 20.5. The van der Waals surface area contributed by atoms with Gasteiger partial charge in [-0.3, -0.25) is 4.79 Å². The van der Waals surface area contributed by atoms with E-state index >= 15 is 0 Å². The minimum absolute atomic E-state index is 0.0484. The fourth-order valence-electron chi connectivity index (χ4n) is 3.77. The van der Waals surface area contributed by atoms with Gasteiger partial charge in [-0.1, -0.05) is 23.2 Å². The standard InChI is InChI=1S/C22H22Cl2N4O/c1-15-3-4-16(2)28(15)19-7-5-17(6-8-19)22(29)27-11-9-26(10-12-27)21-20(24)13-18(23)14-25-21/h3-8,13-14H,9-12H2,1-2H3. The first kappa shape index (κ1) is 19.8. The van der Waals surface area contributed by atoms with Crippen molar-refractivity contribution >= 4 is 34.9 Å². The highest BCUT2D eigenvalue weighted by molar-refractivity contribution is 6.36. The van der Waals surface area contributed by atoms with E-state index < -0.39 is 0 Å². The number of anilines is 1. The van der Waals surface area contributed by atoms with Crippen molar-refractivity contribution in [2.75, 3.05) is 31.1 Å². The van der Waals surface area contributed by atoms with Gasteiger partial charge in [0, 0.05) is 55.0 Å². The summed E-state index contributed by atoms with van der Waals surface area (Å²) in [5.74, 6) is 0.761. The number of amides is 1. The van der Waals surface area contributed by atoms with Crippen molar-refractivity contribution in [1.82, 2.24) is 14.5 Å². The number of halogens is 2. The highest BCUT2D eigenvalue weighted by atomic mass is 35.5.